The molecule has 0 aliphatic carbocycles. The van der Waals surface area contributed by atoms with Crippen LogP contribution in [-0.2, 0) is 0 Å². The van der Waals surface area contributed by atoms with Crippen LogP contribution < -0.4 is 5.73 Å². The molecule has 2 rings (SSSR count). The van der Waals surface area contributed by atoms with Crippen molar-refractivity contribution in [1.29, 1.82) is 0 Å². The van der Waals surface area contributed by atoms with Gasteiger partial charge in [0.1, 0.15) is 11.6 Å². The van der Waals surface area contributed by atoms with Crippen LogP contribution in [0.4, 0.5) is 4.39 Å². The molecule has 88 valence electrons. The van der Waals surface area contributed by atoms with E-state index in [1.54, 1.807) is 30.6 Å². The molecule has 0 saturated heterocycles. The average Bonchev–Trinajstić information content (AvgIpc) is 2.39. The molecule has 0 aliphatic rings. The summed E-state index contributed by atoms with van der Waals surface area (Å²) >= 11 is 0. The fourth-order valence-electron chi connectivity index (χ4n) is 1.53. The topological polar surface area (TPSA) is 51.8 Å². The third-order valence-electron chi connectivity index (χ3n) is 2.65. The van der Waals surface area contributed by atoms with Crippen molar-refractivity contribution in [3.05, 3.63) is 48.3 Å². The first kappa shape index (κ1) is 11.7. The van der Waals surface area contributed by atoms with Gasteiger partial charge in [0.15, 0.2) is 0 Å². The second-order valence-corrected chi connectivity index (χ2v) is 3.95. The normalized spacial score (nSPS) is 12.4. The van der Waals surface area contributed by atoms with E-state index in [1.165, 1.54) is 6.07 Å². The van der Waals surface area contributed by atoms with Crippen molar-refractivity contribution in [3.63, 3.8) is 0 Å². The molecule has 1 heterocycles. The van der Waals surface area contributed by atoms with Crippen LogP contribution in [0.2, 0.25) is 0 Å². The fourth-order valence-corrected chi connectivity index (χ4v) is 1.53. The highest BCUT2D eigenvalue weighted by Gasteiger charge is 2.08. The molecule has 1 aromatic heterocycles. The van der Waals surface area contributed by atoms with E-state index in [1.807, 2.05) is 6.92 Å². The van der Waals surface area contributed by atoms with Crippen molar-refractivity contribution >= 4 is 0 Å². The Bertz CT molecular complexity index is 496. The Morgan fingerprint density at radius 2 is 1.88 bits per heavy atom. The molecule has 0 radical (unpaired) electrons. The van der Waals surface area contributed by atoms with Crippen LogP contribution in [0.5, 0.6) is 0 Å². The van der Waals surface area contributed by atoms with Gasteiger partial charge in [-0.2, -0.15) is 0 Å². The largest absolute Gasteiger partial charge is 0.330 e. The van der Waals surface area contributed by atoms with Crippen molar-refractivity contribution in [3.8, 4) is 11.1 Å². The molecule has 2 N–H and O–H groups in total. The van der Waals surface area contributed by atoms with E-state index in [4.69, 9.17) is 5.73 Å². The van der Waals surface area contributed by atoms with Gasteiger partial charge in [-0.05, 0) is 6.07 Å². The molecule has 0 bridgehead atoms. The molecule has 0 aliphatic heterocycles. The van der Waals surface area contributed by atoms with Crippen molar-refractivity contribution < 1.29 is 4.39 Å². The summed E-state index contributed by atoms with van der Waals surface area (Å²) in [5.74, 6) is 0.535. The maximum atomic E-state index is 13.5. The first-order chi connectivity index (χ1) is 8.22. The van der Waals surface area contributed by atoms with Gasteiger partial charge in [0.05, 0.1) is 0 Å². The van der Waals surface area contributed by atoms with E-state index < -0.39 is 0 Å². The standard InChI is InChI=1S/C13H14FN3/c1-9(6-15)13-16-7-10(8-17-13)11-4-2-3-5-12(11)14/h2-5,7-9H,6,15H2,1H3. The molecular formula is C13H14FN3. The predicted octanol–water partition coefficient (Wildman–Crippen LogP) is 2.34. The third-order valence-corrected chi connectivity index (χ3v) is 2.65. The molecule has 0 fully saturated rings. The molecule has 3 nitrogen and oxygen atoms in total. The number of aromatic nitrogens is 2. The highest BCUT2D eigenvalue weighted by Crippen LogP contribution is 2.21. The molecule has 0 spiro atoms. The maximum Gasteiger partial charge on any atom is 0.132 e. The molecule has 0 amide bonds. The van der Waals surface area contributed by atoms with Crippen LogP contribution in [0.3, 0.4) is 0 Å². The zero-order valence-electron chi connectivity index (χ0n) is 9.60. The lowest BCUT2D eigenvalue weighted by Gasteiger charge is -2.07. The summed E-state index contributed by atoms with van der Waals surface area (Å²) < 4.78 is 13.5. The van der Waals surface area contributed by atoms with E-state index in [2.05, 4.69) is 9.97 Å². The number of hydrogen-bond acceptors (Lipinski definition) is 3. The fraction of sp³-hybridized carbons (Fsp3) is 0.231. The van der Waals surface area contributed by atoms with Gasteiger partial charge in [-0.3, -0.25) is 0 Å². The van der Waals surface area contributed by atoms with Crippen LogP contribution >= 0.6 is 0 Å². The summed E-state index contributed by atoms with van der Waals surface area (Å²) in [6, 6.07) is 6.57. The lowest BCUT2D eigenvalue weighted by molar-refractivity contribution is 0.631. The van der Waals surface area contributed by atoms with Gasteiger partial charge in [0, 0.05) is 36.0 Å². The molecular weight excluding hydrogens is 217 g/mol. The monoisotopic (exact) mass is 231 g/mol. The Kier molecular flexibility index (Phi) is 3.44. The Labute approximate surface area is 99.5 Å². The Morgan fingerprint density at radius 1 is 1.24 bits per heavy atom. The Morgan fingerprint density at radius 3 is 2.47 bits per heavy atom. The second kappa shape index (κ2) is 5.01. The summed E-state index contributed by atoms with van der Waals surface area (Å²) in [4.78, 5) is 8.42. The highest BCUT2D eigenvalue weighted by atomic mass is 19.1. The van der Waals surface area contributed by atoms with Gasteiger partial charge in [0.2, 0.25) is 0 Å². The van der Waals surface area contributed by atoms with Crippen molar-refractivity contribution in [1.82, 2.24) is 9.97 Å². The van der Waals surface area contributed by atoms with Gasteiger partial charge in [0.25, 0.3) is 0 Å². The summed E-state index contributed by atoms with van der Waals surface area (Å²) in [6.45, 7) is 2.46. The summed E-state index contributed by atoms with van der Waals surface area (Å²) in [5, 5.41) is 0. The maximum absolute atomic E-state index is 13.5. The van der Waals surface area contributed by atoms with Gasteiger partial charge >= 0.3 is 0 Å². The van der Waals surface area contributed by atoms with Crippen LogP contribution in [0.1, 0.15) is 18.7 Å². The molecule has 1 aromatic carbocycles. The molecule has 1 atom stereocenters. The SMILES string of the molecule is CC(CN)c1ncc(-c2ccccc2F)cn1. The Balaban J connectivity index is 2.33. The predicted molar refractivity (Wildman–Crippen MR) is 64.9 cm³/mol. The van der Waals surface area contributed by atoms with Crippen LogP contribution in [0, 0.1) is 5.82 Å². The number of nitrogens with two attached hydrogens (primary N) is 1. The minimum Gasteiger partial charge on any atom is -0.330 e. The zero-order valence-corrected chi connectivity index (χ0v) is 9.60. The van der Waals surface area contributed by atoms with E-state index in [-0.39, 0.29) is 11.7 Å². The second-order valence-electron chi connectivity index (χ2n) is 3.95. The van der Waals surface area contributed by atoms with Crippen molar-refractivity contribution in [2.45, 2.75) is 12.8 Å². The minimum absolute atomic E-state index is 0.115. The zero-order chi connectivity index (χ0) is 12.3. The highest BCUT2D eigenvalue weighted by molar-refractivity contribution is 5.61. The van der Waals surface area contributed by atoms with Gasteiger partial charge < -0.3 is 5.73 Å². The van der Waals surface area contributed by atoms with E-state index >= 15 is 0 Å². The van der Waals surface area contributed by atoms with Crippen molar-refractivity contribution in [2.24, 2.45) is 5.73 Å². The third kappa shape index (κ3) is 2.47. The lowest BCUT2D eigenvalue weighted by Crippen LogP contribution is -2.11. The van der Waals surface area contributed by atoms with Crippen LogP contribution in [-0.4, -0.2) is 16.5 Å². The first-order valence-electron chi connectivity index (χ1n) is 5.49. The number of hydrogen-bond donors (Lipinski definition) is 1. The van der Waals surface area contributed by atoms with E-state index in [0.29, 0.717) is 23.5 Å². The Hall–Kier alpha value is -1.81. The summed E-state index contributed by atoms with van der Waals surface area (Å²) in [7, 11) is 0. The quantitative estimate of drug-likeness (QED) is 0.882. The van der Waals surface area contributed by atoms with E-state index in [9.17, 15) is 4.39 Å². The molecule has 4 heteroatoms. The van der Waals surface area contributed by atoms with Gasteiger partial charge in [-0.15, -0.1) is 0 Å². The average molecular weight is 231 g/mol. The smallest absolute Gasteiger partial charge is 0.132 e. The van der Waals surface area contributed by atoms with Crippen molar-refractivity contribution in [2.75, 3.05) is 6.54 Å². The number of halogens is 1. The first-order valence-corrected chi connectivity index (χ1v) is 5.49. The number of benzene rings is 1. The van der Waals surface area contributed by atoms with Gasteiger partial charge in [-0.1, -0.05) is 25.1 Å². The molecule has 0 saturated carbocycles. The summed E-state index contributed by atoms with van der Waals surface area (Å²) in [5.41, 5.74) is 6.73. The molecule has 1 unspecified atom stereocenters. The van der Waals surface area contributed by atoms with Crippen LogP contribution in [0.15, 0.2) is 36.7 Å². The number of nitrogens with zero attached hydrogens (tertiary/aromatic N) is 2. The molecule has 17 heavy (non-hydrogen) atoms. The minimum atomic E-state index is -0.268. The van der Waals surface area contributed by atoms with Gasteiger partial charge in [-0.25, -0.2) is 14.4 Å². The van der Waals surface area contributed by atoms with Crippen LogP contribution in [0.25, 0.3) is 11.1 Å². The number of rotatable bonds is 3. The van der Waals surface area contributed by atoms with E-state index in [0.717, 1.165) is 0 Å². The summed E-state index contributed by atoms with van der Waals surface area (Å²) in [6.07, 6.45) is 3.26. The lowest BCUT2D eigenvalue weighted by atomic mass is 10.1. The molecule has 2 aromatic rings.